The van der Waals surface area contributed by atoms with E-state index in [1.54, 1.807) is 0 Å². The van der Waals surface area contributed by atoms with Gasteiger partial charge < -0.3 is 10.2 Å². The summed E-state index contributed by atoms with van der Waals surface area (Å²) in [6.07, 6.45) is 1.86. The predicted molar refractivity (Wildman–Crippen MR) is 67.4 cm³/mol. The fourth-order valence-electron chi connectivity index (χ4n) is 1.96. The van der Waals surface area contributed by atoms with Crippen LogP contribution in [0.25, 0.3) is 0 Å². The smallest absolute Gasteiger partial charge is 0.150 e. The molecule has 0 saturated carbocycles. The van der Waals surface area contributed by atoms with Crippen LogP contribution in [0.3, 0.4) is 0 Å². The lowest BCUT2D eigenvalue weighted by molar-refractivity contribution is 0.346. The molecule has 1 saturated heterocycles. The molecule has 1 heterocycles. The zero-order chi connectivity index (χ0) is 12.0. The van der Waals surface area contributed by atoms with Crippen molar-refractivity contribution in [2.24, 2.45) is 5.92 Å². The van der Waals surface area contributed by atoms with Crippen LogP contribution in [-0.4, -0.2) is 58.1 Å². The zero-order valence-corrected chi connectivity index (χ0v) is 11.2. The Hall–Kier alpha value is -0.130. The molecular formula is C11H24N2O2S. The van der Waals surface area contributed by atoms with E-state index in [4.69, 9.17) is 0 Å². The monoisotopic (exact) mass is 248 g/mol. The van der Waals surface area contributed by atoms with Gasteiger partial charge in [-0.05, 0) is 38.9 Å². The lowest BCUT2D eigenvalue weighted by Crippen LogP contribution is -2.30. The number of sulfone groups is 1. The Balaban J connectivity index is 2.00. The largest absolute Gasteiger partial charge is 0.315 e. The first-order valence-corrected chi connectivity index (χ1v) is 7.95. The van der Waals surface area contributed by atoms with Crippen molar-refractivity contribution in [3.63, 3.8) is 0 Å². The van der Waals surface area contributed by atoms with Crippen molar-refractivity contribution in [2.45, 2.75) is 19.8 Å². The SMILES string of the molecule is CCN(C)CCNCCC1CCS(=O)(=O)C1. The van der Waals surface area contributed by atoms with Gasteiger partial charge in [-0.2, -0.15) is 0 Å². The second-order valence-corrected chi connectivity index (χ2v) is 6.93. The maximum Gasteiger partial charge on any atom is 0.150 e. The lowest BCUT2D eigenvalue weighted by Gasteiger charge is -2.14. The topological polar surface area (TPSA) is 49.4 Å². The molecule has 96 valence electrons. The molecule has 4 nitrogen and oxygen atoms in total. The van der Waals surface area contributed by atoms with Crippen LogP contribution in [0, 0.1) is 5.92 Å². The van der Waals surface area contributed by atoms with Crippen molar-refractivity contribution in [3.05, 3.63) is 0 Å². The molecule has 16 heavy (non-hydrogen) atoms. The minimum absolute atomic E-state index is 0.390. The lowest BCUT2D eigenvalue weighted by atomic mass is 10.1. The van der Waals surface area contributed by atoms with Crippen LogP contribution in [-0.2, 0) is 9.84 Å². The summed E-state index contributed by atoms with van der Waals surface area (Å²) in [5.41, 5.74) is 0. The number of rotatable bonds is 7. The van der Waals surface area contributed by atoms with Gasteiger partial charge in [-0.25, -0.2) is 8.42 Å². The van der Waals surface area contributed by atoms with Crippen LogP contribution < -0.4 is 5.32 Å². The van der Waals surface area contributed by atoms with Crippen LogP contribution in [0.15, 0.2) is 0 Å². The van der Waals surface area contributed by atoms with Gasteiger partial charge in [0.15, 0.2) is 9.84 Å². The molecule has 0 aromatic heterocycles. The van der Waals surface area contributed by atoms with Gasteiger partial charge in [0.1, 0.15) is 0 Å². The highest BCUT2D eigenvalue weighted by molar-refractivity contribution is 7.91. The zero-order valence-electron chi connectivity index (χ0n) is 10.4. The van der Waals surface area contributed by atoms with E-state index in [2.05, 4.69) is 24.2 Å². The highest BCUT2D eigenvalue weighted by Gasteiger charge is 2.26. The Morgan fingerprint density at radius 2 is 2.12 bits per heavy atom. The van der Waals surface area contributed by atoms with Gasteiger partial charge in [-0.1, -0.05) is 6.92 Å². The molecule has 0 aromatic carbocycles. The molecule has 1 rings (SSSR count). The van der Waals surface area contributed by atoms with Gasteiger partial charge in [0, 0.05) is 13.1 Å². The number of hydrogen-bond acceptors (Lipinski definition) is 4. The Bertz CT molecular complexity index is 290. The quantitative estimate of drug-likeness (QED) is 0.661. The summed E-state index contributed by atoms with van der Waals surface area (Å²) in [4.78, 5) is 2.26. The van der Waals surface area contributed by atoms with Crippen LogP contribution >= 0.6 is 0 Å². The van der Waals surface area contributed by atoms with Crippen LogP contribution in [0.5, 0.6) is 0 Å². The molecule has 1 aliphatic rings. The average molecular weight is 248 g/mol. The number of likely N-dealkylation sites (N-methyl/N-ethyl adjacent to an activating group) is 1. The molecular weight excluding hydrogens is 224 g/mol. The van der Waals surface area contributed by atoms with Crippen molar-refractivity contribution in [1.82, 2.24) is 10.2 Å². The summed E-state index contributed by atoms with van der Waals surface area (Å²) in [6, 6.07) is 0. The molecule has 1 unspecified atom stereocenters. The maximum atomic E-state index is 11.2. The molecule has 0 spiro atoms. The molecule has 0 aliphatic carbocycles. The maximum absolute atomic E-state index is 11.2. The standard InChI is InChI=1S/C11H24N2O2S/c1-3-13(2)8-7-12-6-4-11-5-9-16(14,15)10-11/h11-12H,3-10H2,1-2H3. The molecule has 1 fully saturated rings. The second kappa shape index (κ2) is 6.57. The van der Waals surface area contributed by atoms with Gasteiger partial charge in [-0.15, -0.1) is 0 Å². The van der Waals surface area contributed by atoms with Crippen molar-refractivity contribution < 1.29 is 8.42 Å². The van der Waals surface area contributed by atoms with Crippen molar-refractivity contribution in [1.29, 1.82) is 0 Å². The molecule has 0 bridgehead atoms. The van der Waals surface area contributed by atoms with Gasteiger partial charge in [0.05, 0.1) is 11.5 Å². The highest BCUT2D eigenvalue weighted by atomic mass is 32.2. The highest BCUT2D eigenvalue weighted by Crippen LogP contribution is 2.20. The van der Waals surface area contributed by atoms with Crippen LogP contribution in [0.4, 0.5) is 0 Å². The van der Waals surface area contributed by atoms with Crippen molar-refractivity contribution >= 4 is 9.84 Å². The van der Waals surface area contributed by atoms with Gasteiger partial charge >= 0.3 is 0 Å². The summed E-state index contributed by atoms with van der Waals surface area (Å²) in [6.45, 7) is 6.20. The van der Waals surface area contributed by atoms with E-state index in [9.17, 15) is 8.42 Å². The fraction of sp³-hybridized carbons (Fsp3) is 1.00. The molecule has 1 aliphatic heterocycles. The molecule has 5 heteroatoms. The Morgan fingerprint density at radius 3 is 2.69 bits per heavy atom. The van der Waals surface area contributed by atoms with E-state index in [0.29, 0.717) is 17.4 Å². The normalized spacial score (nSPS) is 24.1. The van der Waals surface area contributed by atoms with E-state index < -0.39 is 9.84 Å². The summed E-state index contributed by atoms with van der Waals surface area (Å²) >= 11 is 0. The number of nitrogens with zero attached hydrogens (tertiary/aromatic N) is 1. The van der Waals surface area contributed by atoms with Crippen molar-refractivity contribution in [3.8, 4) is 0 Å². The summed E-state index contributed by atoms with van der Waals surface area (Å²) in [5.74, 6) is 1.20. The van der Waals surface area contributed by atoms with E-state index in [1.807, 2.05) is 0 Å². The summed E-state index contributed by atoms with van der Waals surface area (Å²) in [7, 11) is -0.589. The van der Waals surface area contributed by atoms with E-state index >= 15 is 0 Å². The first-order valence-electron chi connectivity index (χ1n) is 6.13. The number of nitrogens with one attached hydrogen (secondary N) is 1. The summed E-state index contributed by atoms with van der Waals surface area (Å²) in [5, 5.41) is 3.37. The molecule has 1 N–H and O–H groups in total. The minimum atomic E-state index is -2.69. The second-order valence-electron chi connectivity index (χ2n) is 4.70. The molecule has 0 radical (unpaired) electrons. The summed E-state index contributed by atoms with van der Waals surface area (Å²) < 4.78 is 22.5. The van der Waals surface area contributed by atoms with Gasteiger partial charge in [-0.3, -0.25) is 0 Å². The average Bonchev–Trinajstić information content (AvgIpc) is 2.57. The Morgan fingerprint density at radius 1 is 1.38 bits per heavy atom. The Labute approximate surface area is 99.3 Å². The molecule has 0 aromatic rings. The molecule has 0 amide bonds. The predicted octanol–water partition coefficient (Wildman–Crippen LogP) is 0.353. The van der Waals surface area contributed by atoms with Gasteiger partial charge in [0.25, 0.3) is 0 Å². The third-order valence-electron chi connectivity index (χ3n) is 3.27. The van der Waals surface area contributed by atoms with E-state index in [0.717, 1.165) is 39.0 Å². The van der Waals surface area contributed by atoms with E-state index in [1.165, 1.54) is 0 Å². The van der Waals surface area contributed by atoms with Crippen molar-refractivity contribution in [2.75, 3.05) is 44.7 Å². The number of hydrogen-bond donors (Lipinski definition) is 1. The van der Waals surface area contributed by atoms with Gasteiger partial charge in [0.2, 0.25) is 0 Å². The molecule has 1 atom stereocenters. The minimum Gasteiger partial charge on any atom is -0.315 e. The first kappa shape index (κ1) is 13.9. The van der Waals surface area contributed by atoms with Crippen LogP contribution in [0.2, 0.25) is 0 Å². The fourth-order valence-corrected chi connectivity index (χ4v) is 3.87. The third-order valence-corrected chi connectivity index (χ3v) is 5.10. The first-order chi connectivity index (χ1) is 7.53. The van der Waals surface area contributed by atoms with E-state index in [-0.39, 0.29) is 0 Å². The third kappa shape index (κ3) is 5.27. The Kier molecular flexibility index (Phi) is 5.72. The van der Waals surface area contributed by atoms with Crippen LogP contribution in [0.1, 0.15) is 19.8 Å².